The zero-order chi connectivity index (χ0) is 19.2. The van der Waals surface area contributed by atoms with E-state index < -0.39 is 0 Å². The molecule has 0 bridgehead atoms. The molecule has 0 atom stereocenters. The molecular weight excluding hydrogens is 467 g/mol. The molecule has 148 valence electrons. The van der Waals surface area contributed by atoms with Crippen LogP contribution in [0.3, 0.4) is 0 Å². The molecule has 0 fully saturated rings. The number of ether oxygens (including phenoxy) is 2. The predicted octanol–water partition coefficient (Wildman–Crippen LogP) is 3.33. The van der Waals surface area contributed by atoms with Crippen LogP contribution in [0.1, 0.15) is 22.3 Å². The van der Waals surface area contributed by atoms with E-state index in [9.17, 15) is 0 Å². The maximum absolute atomic E-state index is 8.90. The second kappa shape index (κ2) is 10.2. The molecule has 1 heterocycles. The van der Waals surface area contributed by atoms with Crippen molar-refractivity contribution in [3.63, 3.8) is 0 Å². The molecule has 1 aliphatic heterocycles. The lowest BCUT2D eigenvalue weighted by molar-refractivity contribution is 0.346. The van der Waals surface area contributed by atoms with Gasteiger partial charge in [0.15, 0.2) is 17.5 Å². The van der Waals surface area contributed by atoms with E-state index in [1.54, 1.807) is 21.3 Å². The van der Waals surface area contributed by atoms with E-state index in [0.717, 1.165) is 42.5 Å². The number of nitrogens with zero attached hydrogens (tertiary/aromatic N) is 3. The second-order valence-corrected chi connectivity index (χ2v) is 6.36. The first-order chi connectivity index (χ1) is 13.2. The fourth-order valence-electron chi connectivity index (χ4n) is 3.27. The highest BCUT2D eigenvalue weighted by Crippen LogP contribution is 2.33. The van der Waals surface area contributed by atoms with Crippen molar-refractivity contribution in [1.82, 2.24) is 10.2 Å². The fraction of sp³-hybridized carbons (Fsp3) is 0.333. The van der Waals surface area contributed by atoms with Gasteiger partial charge in [-0.1, -0.05) is 12.1 Å². The number of aliphatic imine (C=N–C) groups is 1. The molecule has 7 heteroatoms. The highest BCUT2D eigenvalue weighted by molar-refractivity contribution is 14.0. The molecule has 1 aliphatic rings. The third-order valence-corrected chi connectivity index (χ3v) is 4.76. The highest BCUT2D eigenvalue weighted by atomic mass is 127. The maximum Gasteiger partial charge on any atom is 0.194 e. The smallest absolute Gasteiger partial charge is 0.194 e. The van der Waals surface area contributed by atoms with Gasteiger partial charge in [-0.25, -0.2) is 0 Å². The van der Waals surface area contributed by atoms with Crippen LogP contribution < -0.4 is 14.8 Å². The van der Waals surface area contributed by atoms with Crippen LogP contribution in [0.5, 0.6) is 11.5 Å². The number of nitriles is 1. The van der Waals surface area contributed by atoms with Gasteiger partial charge in [0.2, 0.25) is 0 Å². The van der Waals surface area contributed by atoms with Gasteiger partial charge in [0, 0.05) is 26.7 Å². The average molecular weight is 492 g/mol. The molecule has 1 N–H and O–H groups in total. The lowest BCUT2D eigenvalue weighted by Gasteiger charge is -2.32. The van der Waals surface area contributed by atoms with Gasteiger partial charge in [0.25, 0.3) is 0 Å². The predicted molar refractivity (Wildman–Crippen MR) is 120 cm³/mol. The topological polar surface area (TPSA) is 69.9 Å². The van der Waals surface area contributed by atoms with Gasteiger partial charge in [0.1, 0.15) is 0 Å². The summed E-state index contributed by atoms with van der Waals surface area (Å²) in [6.45, 7) is 2.31. The molecule has 0 unspecified atom stereocenters. The standard InChI is InChI=1S/C21H24N4O2.HI/c1-23-21(24-13-16-6-4-15(12-22)5-7-16)25-9-8-17-10-19(26-2)20(27-3)11-18(17)14-25;/h4-7,10-11H,8-9,13-14H2,1-3H3,(H,23,24);1H. The maximum atomic E-state index is 8.90. The van der Waals surface area contributed by atoms with E-state index in [2.05, 4.69) is 27.3 Å². The van der Waals surface area contributed by atoms with Crippen LogP contribution in [0.25, 0.3) is 0 Å². The Morgan fingerprint density at radius 3 is 2.36 bits per heavy atom. The Bertz CT molecular complexity index is 875. The number of rotatable bonds is 4. The van der Waals surface area contributed by atoms with Crippen LogP contribution in [-0.4, -0.2) is 38.7 Å². The Hall–Kier alpha value is -2.47. The van der Waals surface area contributed by atoms with Crippen LogP contribution in [0.15, 0.2) is 41.4 Å². The minimum atomic E-state index is 0. The average Bonchev–Trinajstić information content (AvgIpc) is 2.73. The summed E-state index contributed by atoms with van der Waals surface area (Å²) in [5, 5.41) is 12.3. The molecule has 0 spiro atoms. The van der Waals surface area contributed by atoms with E-state index in [-0.39, 0.29) is 24.0 Å². The van der Waals surface area contributed by atoms with Crippen molar-refractivity contribution in [2.75, 3.05) is 27.8 Å². The molecular formula is C21H25IN4O2. The lowest BCUT2D eigenvalue weighted by Crippen LogP contribution is -2.43. The van der Waals surface area contributed by atoms with Gasteiger partial charge in [-0.2, -0.15) is 5.26 Å². The number of methoxy groups -OCH3 is 2. The van der Waals surface area contributed by atoms with Crippen molar-refractivity contribution in [2.24, 2.45) is 4.99 Å². The number of fused-ring (bicyclic) bond motifs is 1. The normalized spacial score (nSPS) is 13.1. The quantitative estimate of drug-likeness (QED) is 0.403. The second-order valence-electron chi connectivity index (χ2n) is 6.36. The molecule has 0 amide bonds. The van der Waals surface area contributed by atoms with E-state index in [0.29, 0.717) is 12.1 Å². The van der Waals surface area contributed by atoms with Gasteiger partial charge < -0.3 is 19.7 Å². The Morgan fingerprint density at radius 2 is 1.79 bits per heavy atom. The molecule has 2 aromatic carbocycles. The lowest BCUT2D eigenvalue weighted by atomic mass is 9.99. The minimum Gasteiger partial charge on any atom is -0.493 e. The Kier molecular flexibility index (Phi) is 7.93. The van der Waals surface area contributed by atoms with Crippen molar-refractivity contribution in [3.05, 3.63) is 58.7 Å². The first-order valence-corrected chi connectivity index (χ1v) is 8.87. The van der Waals surface area contributed by atoms with Crippen LogP contribution in [0, 0.1) is 11.3 Å². The van der Waals surface area contributed by atoms with E-state index in [1.807, 2.05) is 30.3 Å². The van der Waals surface area contributed by atoms with Crippen molar-refractivity contribution in [2.45, 2.75) is 19.5 Å². The van der Waals surface area contributed by atoms with Gasteiger partial charge in [-0.3, -0.25) is 4.99 Å². The molecule has 0 saturated heterocycles. The number of guanidine groups is 1. The summed E-state index contributed by atoms with van der Waals surface area (Å²) in [5.74, 6) is 2.38. The van der Waals surface area contributed by atoms with Crippen LogP contribution in [0.2, 0.25) is 0 Å². The molecule has 28 heavy (non-hydrogen) atoms. The third kappa shape index (κ3) is 4.87. The number of hydrogen-bond acceptors (Lipinski definition) is 4. The Morgan fingerprint density at radius 1 is 1.14 bits per heavy atom. The van der Waals surface area contributed by atoms with Crippen molar-refractivity contribution in [1.29, 1.82) is 5.26 Å². The first kappa shape index (κ1) is 21.8. The summed E-state index contributed by atoms with van der Waals surface area (Å²) in [6, 6.07) is 13.8. The van der Waals surface area contributed by atoms with E-state index in [1.165, 1.54) is 11.1 Å². The van der Waals surface area contributed by atoms with Crippen molar-refractivity contribution < 1.29 is 9.47 Å². The van der Waals surface area contributed by atoms with Gasteiger partial charge in [-0.05, 0) is 47.4 Å². The summed E-state index contributed by atoms with van der Waals surface area (Å²) in [4.78, 5) is 6.67. The third-order valence-electron chi connectivity index (χ3n) is 4.76. The Labute approximate surface area is 183 Å². The largest absolute Gasteiger partial charge is 0.493 e. The van der Waals surface area contributed by atoms with E-state index >= 15 is 0 Å². The van der Waals surface area contributed by atoms with Crippen LogP contribution in [0.4, 0.5) is 0 Å². The molecule has 0 radical (unpaired) electrons. The number of benzene rings is 2. The summed E-state index contributed by atoms with van der Waals surface area (Å²) in [7, 11) is 5.11. The number of halogens is 1. The zero-order valence-corrected chi connectivity index (χ0v) is 18.7. The first-order valence-electron chi connectivity index (χ1n) is 8.87. The SMILES string of the molecule is CN=C(NCc1ccc(C#N)cc1)N1CCc2cc(OC)c(OC)cc2C1.I. The molecule has 0 aliphatic carbocycles. The number of hydrogen-bond donors (Lipinski definition) is 1. The minimum absolute atomic E-state index is 0. The fourth-order valence-corrected chi connectivity index (χ4v) is 3.27. The monoisotopic (exact) mass is 492 g/mol. The molecule has 0 aromatic heterocycles. The van der Waals surface area contributed by atoms with Crippen LogP contribution >= 0.6 is 24.0 Å². The summed E-state index contributed by atoms with van der Waals surface area (Å²) in [5.41, 5.74) is 4.28. The molecule has 2 aromatic rings. The number of nitrogens with one attached hydrogen (secondary N) is 1. The highest BCUT2D eigenvalue weighted by Gasteiger charge is 2.21. The molecule has 0 saturated carbocycles. The van der Waals surface area contributed by atoms with Gasteiger partial charge in [-0.15, -0.1) is 24.0 Å². The molecule has 3 rings (SSSR count). The van der Waals surface area contributed by atoms with Crippen molar-refractivity contribution >= 4 is 29.9 Å². The van der Waals surface area contributed by atoms with E-state index in [4.69, 9.17) is 14.7 Å². The van der Waals surface area contributed by atoms with Crippen LogP contribution in [-0.2, 0) is 19.5 Å². The summed E-state index contributed by atoms with van der Waals surface area (Å²) in [6.07, 6.45) is 0.924. The molecule has 6 nitrogen and oxygen atoms in total. The summed E-state index contributed by atoms with van der Waals surface area (Å²) < 4.78 is 10.8. The van der Waals surface area contributed by atoms with Gasteiger partial charge >= 0.3 is 0 Å². The van der Waals surface area contributed by atoms with Gasteiger partial charge in [0.05, 0.1) is 25.9 Å². The zero-order valence-electron chi connectivity index (χ0n) is 16.4. The van der Waals surface area contributed by atoms with Crippen molar-refractivity contribution in [3.8, 4) is 17.6 Å². The Balaban J connectivity index is 0.00000280. The summed E-state index contributed by atoms with van der Waals surface area (Å²) >= 11 is 0.